The summed E-state index contributed by atoms with van der Waals surface area (Å²) in [6.45, 7) is 4.95. The molecule has 146 valence electrons. The Morgan fingerprint density at radius 3 is 2.19 bits per heavy atom. The first-order chi connectivity index (χ1) is 12.8. The van der Waals surface area contributed by atoms with Gasteiger partial charge in [-0.2, -0.15) is 0 Å². The van der Waals surface area contributed by atoms with Gasteiger partial charge in [-0.15, -0.1) is 11.8 Å². The van der Waals surface area contributed by atoms with E-state index in [9.17, 15) is 24.5 Å². The largest absolute Gasteiger partial charge is 0.346 e. The topological polar surface area (TPSA) is 113 Å². The third-order valence-electron chi connectivity index (χ3n) is 3.94. The summed E-state index contributed by atoms with van der Waals surface area (Å²) in [7, 11) is 0. The van der Waals surface area contributed by atoms with Crippen molar-refractivity contribution in [2.45, 2.75) is 24.8 Å². The standard InChI is InChI=1S/C17H22N4O5S/c1-12(2)18-16(23)17(24)20-9-7-19(8-10-20)15(22)11-27-14-5-3-13(4-6-14)21(25)26/h3-6,12H,7-11H2,1-2H3,(H,18,23). The fourth-order valence-corrected chi connectivity index (χ4v) is 3.33. The molecule has 27 heavy (non-hydrogen) atoms. The number of non-ortho nitro benzene ring substituents is 1. The Labute approximate surface area is 161 Å². The zero-order valence-electron chi connectivity index (χ0n) is 15.2. The van der Waals surface area contributed by atoms with Crippen molar-refractivity contribution in [3.05, 3.63) is 34.4 Å². The predicted molar refractivity (Wildman–Crippen MR) is 100 cm³/mol. The number of nitrogens with zero attached hydrogens (tertiary/aromatic N) is 3. The number of hydrogen-bond donors (Lipinski definition) is 1. The van der Waals surface area contributed by atoms with Crippen molar-refractivity contribution in [2.75, 3.05) is 31.9 Å². The molecule has 1 aromatic rings. The normalized spacial score (nSPS) is 14.2. The lowest BCUT2D eigenvalue weighted by Gasteiger charge is -2.34. The Morgan fingerprint density at radius 1 is 1.11 bits per heavy atom. The van der Waals surface area contributed by atoms with E-state index in [-0.39, 0.29) is 23.4 Å². The Bertz CT molecular complexity index is 715. The predicted octanol–water partition coefficient (Wildman–Crippen LogP) is 0.882. The molecule has 2 rings (SSSR count). The molecule has 9 nitrogen and oxygen atoms in total. The fourth-order valence-electron chi connectivity index (χ4n) is 2.53. The highest BCUT2D eigenvalue weighted by atomic mass is 32.2. The van der Waals surface area contributed by atoms with E-state index in [0.29, 0.717) is 26.2 Å². The summed E-state index contributed by atoms with van der Waals surface area (Å²) in [6.07, 6.45) is 0. The van der Waals surface area contributed by atoms with E-state index in [2.05, 4.69) is 5.32 Å². The number of amides is 3. The van der Waals surface area contributed by atoms with Crippen LogP contribution in [0, 0.1) is 10.1 Å². The van der Waals surface area contributed by atoms with Gasteiger partial charge in [0.1, 0.15) is 0 Å². The SMILES string of the molecule is CC(C)NC(=O)C(=O)N1CCN(C(=O)CSc2ccc([N+](=O)[O-])cc2)CC1. The minimum absolute atomic E-state index is 0.00738. The third-order valence-corrected chi connectivity index (χ3v) is 4.94. The van der Waals surface area contributed by atoms with Crippen molar-refractivity contribution >= 4 is 35.2 Å². The third kappa shape index (κ3) is 5.95. The van der Waals surface area contributed by atoms with E-state index < -0.39 is 16.7 Å². The van der Waals surface area contributed by atoms with Gasteiger partial charge in [-0.1, -0.05) is 0 Å². The van der Waals surface area contributed by atoms with E-state index >= 15 is 0 Å². The van der Waals surface area contributed by atoms with E-state index in [1.165, 1.54) is 28.8 Å². The van der Waals surface area contributed by atoms with Gasteiger partial charge in [0.2, 0.25) is 5.91 Å². The monoisotopic (exact) mass is 394 g/mol. The molecule has 0 saturated carbocycles. The van der Waals surface area contributed by atoms with Crippen LogP contribution in [-0.4, -0.2) is 70.4 Å². The highest BCUT2D eigenvalue weighted by Gasteiger charge is 2.28. The lowest BCUT2D eigenvalue weighted by atomic mass is 10.3. The number of benzene rings is 1. The molecular formula is C17H22N4O5S. The van der Waals surface area contributed by atoms with Crippen LogP contribution < -0.4 is 5.32 Å². The molecule has 10 heteroatoms. The smallest absolute Gasteiger partial charge is 0.312 e. The van der Waals surface area contributed by atoms with Gasteiger partial charge in [0.25, 0.3) is 5.69 Å². The average molecular weight is 394 g/mol. The number of nitrogens with one attached hydrogen (secondary N) is 1. The summed E-state index contributed by atoms with van der Waals surface area (Å²) in [5.74, 6) is -1.06. The van der Waals surface area contributed by atoms with Gasteiger partial charge in [-0.3, -0.25) is 24.5 Å². The Kier molecular flexibility index (Phi) is 7.17. The highest BCUT2D eigenvalue weighted by molar-refractivity contribution is 8.00. The van der Waals surface area contributed by atoms with E-state index in [1.807, 2.05) is 0 Å². The van der Waals surface area contributed by atoms with Crippen LogP contribution >= 0.6 is 11.8 Å². The van der Waals surface area contributed by atoms with Gasteiger partial charge in [0, 0.05) is 49.2 Å². The molecule has 0 radical (unpaired) electrons. The average Bonchev–Trinajstić information content (AvgIpc) is 2.65. The molecule has 0 aromatic heterocycles. The lowest BCUT2D eigenvalue weighted by Crippen LogP contribution is -2.54. The highest BCUT2D eigenvalue weighted by Crippen LogP contribution is 2.21. The zero-order chi connectivity index (χ0) is 20.0. The number of nitro benzene ring substituents is 1. The van der Waals surface area contributed by atoms with Crippen molar-refractivity contribution in [1.29, 1.82) is 0 Å². The summed E-state index contributed by atoms with van der Waals surface area (Å²) < 4.78 is 0. The van der Waals surface area contributed by atoms with Crippen LogP contribution in [0.3, 0.4) is 0 Å². The molecule has 1 aliphatic rings. The first-order valence-corrected chi connectivity index (χ1v) is 9.51. The molecule has 1 N–H and O–H groups in total. The van der Waals surface area contributed by atoms with Crippen LogP contribution in [0.2, 0.25) is 0 Å². The molecule has 1 aromatic carbocycles. The fraction of sp³-hybridized carbons (Fsp3) is 0.471. The lowest BCUT2D eigenvalue weighted by molar-refractivity contribution is -0.384. The van der Waals surface area contributed by atoms with Gasteiger partial charge in [-0.05, 0) is 26.0 Å². The second kappa shape index (κ2) is 9.36. The number of hydrogen-bond acceptors (Lipinski definition) is 6. The molecule has 0 atom stereocenters. The van der Waals surface area contributed by atoms with Crippen LogP contribution in [0.4, 0.5) is 5.69 Å². The molecule has 1 aliphatic heterocycles. The number of nitro groups is 1. The van der Waals surface area contributed by atoms with Crippen molar-refractivity contribution in [1.82, 2.24) is 15.1 Å². The van der Waals surface area contributed by atoms with Gasteiger partial charge in [0.05, 0.1) is 10.7 Å². The number of carbonyl (C=O) groups excluding carboxylic acids is 3. The number of thioether (sulfide) groups is 1. The van der Waals surface area contributed by atoms with Gasteiger partial charge in [0.15, 0.2) is 0 Å². The molecule has 1 saturated heterocycles. The van der Waals surface area contributed by atoms with Crippen LogP contribution in [0.5, 0.6) is 0 Å². The van der Waals surface area contributed by atoms with Crippen molar-refractivity contribution in [3.63, 3.8) is 0 Å². The maximum Gasteiger partial charge on any atom is 0.312 e. The number of carbonyl (C=O) groups is 3. The molecule has 0 unspecified atom stereocenters. The maximum absolute atomic E-state index is 12.3. The number of rotatable bonds is 5. The number of piperazine rings is 1. The van der Waals surface area contributed by atoms with Gasteiger partial charge < -0.3 is 15.1 Å². The summed E-state index contributed by atoms with van der Waals surface area (Å²) in [5.41, 5.74) is 0.00738. The minimum Gasteiger partial charge on any atom is -0.346 e. The van der Waals surface area contributed by atoms with Crippen molar-refractivity contribution in [2.24, 2.45) is 0 Å². The summed E-state index contributed by atoms with van der Waals surface area (Å²) in [6, 6.07) is 5.92. The molecule has 1 heterocycles. The summed E-state index contributed by atoms with van der Waals surface area (Å²) in [4.78, 5) is 50.2. The second-order valence-corrected chi connectivity index (χ2v) is 7.39. The Hall–Kier alpha value is -2.62. The van der Waals surface area contributed by atoms with Crippen LogP contribution in [0.25, 0.3) is 0 Å². The van der Waals surface area contributed by atoms with E-state index in [1.54, 1.807) is 30.9 Å². The summed E-state index contributed by atoms with van der Waals surface area (Å²) in [5, 5.41) is 13.2. The van der Waals surface area contributed by atoms with Crippen molar-refractivity contribution < 1.29 is 19.3 Å². The molecule has 0 bridgehead atoms. The second-order valence-electron chi connectivity index (χ2n) is 6.34. The van der Waals surface area contributed by atoms with E-state index in [4.69, 9.17) is 0 Å². The van der Waals surface area contributed by atoms with E-state index in [0.717, 1.165) is 4.90 Å². The van der Waals surface area contributed by atoms with Gasteiger partial charge >= 0.3 is 11.8 Å². The minimum atomic E-state index is -0.626. The van der Waals surface area contributed by atoms with Gasteiger partial charge in [-0.25, -0.2) is 0 Å². The maximum atomic E-state index is 12.3. The Morgan fingerprint density at radius 2 is 1.67 bits per heavy atom. The molecule has 0 spiro atoms. The molecule has 1 fully saturated rings. The quantitative estimate of drug-likeness (QED) is 0.343. The Balaban J connectivity index is 1.78. The molecular weight excluding hydrogens is 372 g/mol. The van der Waals surface area contributed by atoms with Crippen LogP contribution in [0.15, 0.2) is 29.2 Å². The first-order valence-electron chi connectivity index (χ1n) is 8.52. The first kappa shape index (κ1) is 20.7. The molecule has 3 amide bonds. The molecule has 0 aliphatic carbocycles. The summed E-state index contributed by atoms with van der Waals surface area (Å²) >= 11 is 1.30. The zero-order valence-corrected chi connectivity index (χ0v) is 16.0. The van der Waals surface area contributed by atoms with Crippen LogP contribution in [0.1, 0.15) is 13.8 Å². The van der Waals surface area contributed by atoms with Crippen molar-refractivity contribution in [3.8, 4) is 0 Å². The van der Waals surface area contributed by atoms with Crippen LogP contribution in [-0.2, 0) is 14.4 Å².